The van der Waals surface area contributed by atoms with Crippen LogP contribution in [0.4, 0.5) is 0 Å². The van der Waals surface area contributed by atoms with Gasteiger partial charge in [-0.1, -0.05) is 29.3 Å². The molecule has 0 radical (unpaired) electrons. The van der Waals surface area contributed by atoms with E-state index >= 15 is 0 Å². The fraction of sp³-hybridized carbons (Fsp3) is 0.500. The number of carboxylic acid groups (broad SMARTS) is 1. The molecule has 0 saturated heterocycles. The lowest BCUT2D eigenvalue weighted by molar-refractivity contribution is -0.144. The average molecular weight is 330 g/mol. The lowest BCUT2D eigenvalue weighted by Crippen LogP contribution is -2.48. The van der Waals surface area contributed by atoms with E-state index < -0.39 is 11.5 Å². The number of carboxylic acids is 1. The van der Waals surface area contributed by atoms with Gasteiger partial charge in [-0.25, -0.2) is 0 Å². The van der Waals surface area contributed by atoms with Gasteiger partial charge in [-0.2, -0.15) is 0 Å². The average Bonchev–Trinajstić information content (AvgIpc) is 2.36. The van der Waals surface area contributed by atoms with Crippen molar-refractivity contribution in [1.29, 1.82) is 0 Å². The van der Waals surface area contributed by atoms with Crippen LogP contribution < -0.4 is 10.1 Å². The fourth-order valence-electron chi connectivity index (χ4n) is 1.95. The number of benzene rings is 1. The molecule has 0 spiro atoms. The van der Waals surface area contributed by atoms with E-state index in [0.717, 1.165) is 22.2 Å². The Morgan fingerprint density at radius 3 is 2.74 bits per heavy atom. The summed E-state index contributed by atoms with van der Waals surface area (Å²) in [5.74, 6) is -0.0803. The molecule has 0 fully saturated rings. The van der Waals surface area contributed by atoms with Crippen LogP contribution in [0, 0.1) is 0 Å². The Balaban J connectivity index is 2.85. The van der Waals surface area contributed by atoms with Gasteiger partial charge < -0.3 is 9.84 Å². The van der Waals surface area contributed by atoms with Crippen molar-refractivity contribution in [2.45, 2.75) is 38.8 Å². The first-order chi connectivity index (χ1) is 8.92. The summed E-state index contributed by atoms with van der Waals surface area (Å²) in [7, 11) is 1.61. The molecule has 0 heterocycles. The topological polar surface area (TPSA) is 58.6 Å². The maximum absolute atomic E-state index is 11.4. The molecule has 1 atom stereocenters. The van der Waals surface area contributed by atoms with Crippen molar-refractivity contribution in [2.24, 2.45) is 0 Å². The van der Waals surface area contributed by atoms with Crippen LogP contribution in [0.3, 0.4) is 0 Å². The first-order valence-electron chi connectivity index (χ1n) is 6.23. The fourth-order valence-corrected chi connectivity index (χ4v) is 2.36. The predicted molar refractivity (Wildman–Crippen MR) is 78.5 cm³/mol. The molecule has 0 saturated carbocycles. The molecule has 0 aliphatic rings. The minimum Gasteiger partial charge on any atom is -0.496 e. The van der Waals surface area contributed by atoms with E-state index in [1.165, 1.54) is 0 Å². The quantitative estimate of drug-likeness (QED) is 0.806. The minimum absolute atomic E-state index is 0.450. The zero-order valence-electron chi connectivity index (χ0n) is 11.5. The monoisotopic (exact) mass is 329 g/mol. The number of hydrogen-bond donors (Lipinski definition) is 2. The number of rotatable bonds is 7. The molecule has 4 nitrogen and oxygen atoms in total. The molecule has 0 aliphatic heterocycles. The maximum Gasteiger partial charge on any atom is 0.323 e. The highest BCUT2D eigenvalue weighted by Gasteiger charge is 2.31. The van der Waals surface area contributed by atoms with Crippen LogP contribution in [0.15, 0.2) is 22.7 Å². The Labute approximate surface area is 122 Å². The minimum atomic E-state index is -0.915. The van der Waals surface area contributed by atoms with E-state index in [-0.39, 0.29) is 0 Å². The van der Waals surface area contributed by atoms with Crippen molar-refractivity contribution >= 4 is 21.9 Å². The van der Waals surface area contributed by atoms with Crippen molar-refractivity contribution < 1.29 is 14.6 Å². The van der Waals surface area contributed by atoms with Crippen LogP contribution in [0.25, 0.3) is 0 Å². The summed E-state index contributed by atoms with van der Waals surface area (Å²) < 4.78 is 6.22. The molecule has 2 N–H and O–H groups in total. The maximum atomic E-state index is 11.4. The van der Waals surface area contributed by atoms with E-state index in [2.05, 4.69) is 21.2 Å². The molecule has 0 aliphatic carbocycles. The second-order valence-electron chi connectivity index (χ2n) is 4.70. The summed E-state index contributed by atoms with van der Waals surface area (Å²) >= 11 is 3.41. The lowest BCUT2D eigenvalue weighted by Gasteiger charge is -2.26. The lowest BCUT2D eigenvalue weighted by atomic mass is 9.96. The van der Waals surface area contributed by atoms with Crippen LogP contribution in [-0.4, -0.2) is 23.7 Å². The van der Waals surface area contributed by atoms with Gasteiger partial charge in [0.15, 0.2) is 0 Å². The van der Waals surface area contributed by atoms with Gasteiger partial charge in [0.25, 0.3) is 0 Å². The highest BCUT2D eigenvalue weighted by Crippen LogP contribution is 2.24. The Kier molecular flexibility index (Phi) is 5.82. The molecule has 106 valence electrons. The van der Waals surface area contributed by atoms with Gasteiger partial charge >= 0.3 is 5.97 Å². The van der Waals surface area contributed by atoms with Crippen LogP contribution in [0.2, 0.25) is 0 Å². The Morgan fingerprint density at radius 1 is 1.53 bits per heavy atom. The number of methoxy groups -OCH3 is 1. The van der Waals surface area contributed by atoms with Gasteiger partial charge in [-0.3, -0.25) is 10.1 Å². The smallest absolute Gasteiger partial charge is 0.323 e. The van der Waals surface area contributed by atoms with Gasteiger partial charge in [0.1, 0.15) is 11.3 Å². The van der Waals surface area contributed by atoms with E-state index in [9.17, 15) is 9.90 Å². The number of ether oxygens (including phenoxy) is 1. The highest BCUT2D eigenvalue weighted by molar-refractivity contribution is 9.10. The Morgan fingerprint density at radius 2 is 2.21 bits per heavy atom. The molecule has 0 amide bonds. The van der Waals surface area contributed by atoms with Crippen molar-refractivity contribution in [3.8, 4) is 5.75 Å². The van der Waals surface area contributed by atoms with Crippen molar-refractivity contribution in [1.82, 2.24) is 5.32 Å². The van der Waals surface area contributed by atoms with Gasteiger partial charge in [0.05, 0.1) is 7.11 Å². The van der Waals surface area contributed by atoms with Gasteiger partial charge in [0.2, 0.25) is 0 Å². The predicted octanol–water partition coefficient (Wildman–Crippen LogP) is 3.19. The van der Waals surface area contributed by atoms with E-state index in [1.807, 2.05) is 25.1 Å². The normalized spacial score (nSPS) is 13.9. The second kappa shape index (κ2) is 6.91. The molecule has 1 aromatic carbocycles. The van der Waals surface area contributed by atoms with Crippen LogP contribution in [-0.2, 0) is 11.3 Å². The number of carbonyl (C=O) groups is 1. The molecule has 19 heavy (non-hydrogen) atoms. The molecule has 1 rings (SSSR count). The van der Waals surface area contributed by atoms with Gasteiger partial charge in [0, 0.05) is 16.6 Å². The molecule has 0 aromatic heterocycles. The van der Waals surface area contributed by atoms with E-state index in [1.54, 1.807) is 14.0 Å². The number of hydrogen-bond acceptors (Lipinski definition) is 3. The third-order valence-electron chi connectivity index (χ3n) is 3.13. The summed E-state index contributed by atoms with van der Waals surface area (Å²) in [6.45, 7) is 4.14. The zero-order valence-corrected chi connectivity index (χ0v) is 13.1. The van der Waals surface area contributed by atoms with E-state index in [0.29, 0.717) is 13.0 Å². The second-order valence-corrected chi connectivity index (χ2v) is 5.61. The number of aliphatic carboxylic acids is 1. The van der Waals surface area contributed by atoms with Crippen molar-refractivity contribution in [2.75, 3.05) is 7.11 Å². The molecule has 0 bridgehead atoms. The zero-order chi connectivity index (χ0) is 14.5. The van der Waals surface area contributed by atoms with Crippen LogP contribution >= 0.6 is 15.9 Å². The van der Waals surface area contributed by atoms with Crippen molar-refractivity contribution in [3.63, 3.8) is 0 Å². The van der Waals surface area contributed by atoms with Gasteiger partial charge in [-0.15, -0.1) is 0 Å². The molecule has 1 unspecified atom stereocenters. The molecule has 5 heteroatoms. The standard InChI is InChI=1S/C14H20BrNO3/c1-4-7-14(2,13(17)18)16-9-10-8-11(15)5-6-12(10)19-3/h5-6,8,16H,4,7,9H2,1-3H3,(H,17,18). The SMILES string of the molecule is CCCC(C)(NCc1cc(Br)ccc1OC)C(=O)O. The third kappa shape index (κ3) is 4.21. The Bertz CT molecular complexity index is 450. The molecule has 1 aromatic rings. The highest BCUT2D eigenvalue weighted by atomic mass is 79.9. The first-order valence-corrected chi connectivity index (χ1v) is 7.03. The summed E-state index contributed by atoms with van der Waals surface area (Å²) in [5, 5.41) is 12.4. The summed E-state index contributed by atoms with van der Waals surface area (Å²) in [6.07, 6.45) is 1.39. The van der Waals surface area contributed by atoms with Gasteiger partial charge in [-0.05, 0) is 31.5 Å². The third-order valence-corrected chi connectivity index (χ3v) is 3.63. The number of nitrogens with one attached hydrogen (secondary N) is 1. The van der Waals surface area contributed by atoms with Crippen LogP contribution in [0.5, 0.6) is 5.75 Å². The number of halogens is 1. The van der Waals surface area contributed by atoms with Crippen LogP contribution in [0.1, 0.15) is 32.3 Å². The Hall–Kier alpha value is -1.07. The molecular weight excluding hydrogens is 310 g/mol. The largest absolute Gasteiger partial charge is 0.496 e. The summed E-state index contributed by atoms with van der Waals surface area (Å²) in [5.41, 5.74) is 0.0164. The summed E-state index contributed by atoms with van der Waals surface area (Å²) in [6, 6.07) is 5.68. The summed E-state index contributed by atoms with van der Waals surface area (Å²) in [4.78, 5) is 11.4. The van der Waals surface area contributed by atoms with Crippen molar-refractivity contribution in [3.05, 3.63) is 28.2 Å². The first kappa shape index (κ1) is 16.0. The molecular formula is C14H20BrNO3. The van der Waals surface area contributed by atoms with E-state index in [4.69, 9.17) is 4.74 Å².